The summed E-state index contributed by atoms with van der Waals surface area (Å²) >= 11 is 0. The van der Waals surface area contributed by atoms with E-state index in [-0.39, 0.29) is 66.6 Å². The van der Waals surface area contributed by atoms with Crippen LogP contribution in [0.1, 0.15) is 88.0 Å². The summed E-state index contributed by atoms with van der Waals surface area (Å²) in [6, 6.07) is -2.42. The molecule has 0 aromatic heterocycles. The van der Waals surface area contributed by atoms with Crippen LogP contribution in [-0.2, 0) is 33.4 Å². The van der Waals surface area contributed by atoms with Crippen LogP contribution in [0, 0.1) is 29.6 Å². The highest BCUT2D eigenvalue weighted by atomic mass is 16.5. The molecule has 1 aliphatic heterocycles. The minimum Gasteiger partial charge on any atom is -0.379 e. The molecule has 0 aromatic rings. The average molecular weight is 678 g/mol. The third-order valence-corrected chi connectivity index (χ3v) is 9.69. The van der Waals surface area contributed by atoms with Crippen LogP contribution in [0.4, 0.5) is 0 Å². The van der Waals surface area contributed by atoms with Crippen LogP contribution in [0.15, 0.2) is 0 Å². The van der Waals surface area contributed by atoms with E-state index in [1.807, 2.05) is 55.4 Å². The predicted molar refractivity (Wildman–Crippen MR) is 188 cm³/mol. The zero-order valence-corrected chi connectivity index (χ0v) is 31.8. The lowest BCUT2D eigenvalue weighted by atomic mass is 9.86. The molecule has 274 valence electrons. The van der Waals surface area contributed by atoms with Gasteiger partial charge in [0.2, 0.25) is 23.6 Å². The number of ether oxygens (including phenoxy) is 2. The summed E-state index contributed by atoms with van der Waals surface area (Å²) < 4.78 is 11.7. The van der Waals surface area contributed by atoms with E-state index < -0.39 is 48.2 Å². The fourth-order valence-corrected chi connectivity index (χ4v) is 6.77. The third-order valence-electron chi connectivity index (χ3n) is 9.69. The normalized spacial score (nSPS) is 20.2. The minimum absolute atomic E-state index is 0.0196. The molecule has 1 aliphatic rings. The smallest absolute Gasteiger partial charge is 0.245 e. The summed E-state index contributed by atoms with van der Waals surface area (Å²) in [6.45, 7) is 17.3. The fourth-order valence-electron chi connectivity index (χ4n) is 6.77. The van der Waals surface area contributed by atoms with Crippen molar-refractivity contribution in [2.24, 2.45) is 29.6 Å². The van der Waals surface area contributed by atoms with Crippen molar-refractivity contribution < 1.29 is 33.4 Å². The zero-order chi connectivity index (χ0) is 37.0. The Kier molecular flexibility index (Phi) is 18.3. The molecule has 3 N–H and O–H groups in total. The van der Waals surface area contributed by atoms with Gasteiger partial charge in [0.05, 0.1) is 57.1 Å². The van der Waals surface area contributed by atoms with Gasteiger partial charge in [-0.1, -0.05) is 68.7 Å². The van der Waals surface area contributed by atoms with E-state index in [2.05, 4.69) is 16.0 Å². The number of methoxy groups -OCH3 is 2. The molecular formula is C35H64BN5O7. The third kappa shape index (κ3) is 11.8. The van der Waals surface area contributed by atoms with Gasteiger partial charge in [0.25, 0.3) is 0 Å². The van der Waals surface area contributed by atoms with E-state index in [4.69, 9.17) is 17.3 Å². The quantitative estimate of drug-likeness (QED) is 0.166. The monoisotopic (exact) mass is 677 g/mol. The van der Waals surface area contributed by atoms with Crippen LogP contribution in [0.25, 0.3) is 0 Å². The second-order valence-corrected chi connectivity index (χ2v) is 14.6. The summed E-state index contributed by atoms with van der Waals surface area (Å²) in [4.78, 5) is 70.2. The lowest BCUT2D eigenvalue weighted by Gasteiger charge is -2.41. The summed E-state index contributed by atoms with van der Waals surface area (Å²) in [5.41, 5.74) is 0. The molecule has 48 heavy (non-hydrogen) atoms. The number of carbonyl (C=O) groups excluding carboxylic acids is 5. The molecule has 0 aliphatic carbocycles. The molecule has 0 spiro atoms. The van der Waals surface area contributed by atoms with E-state index in [0.29, 0.717) is 18.8 Å². The van der Waals surface area contributed by atoms with E-state index in [1.165, 1.54) is 19.1 Å². The number of nitrogens with zero attached hydrogens (tertiary/aromatic N) is 2. The number of ketones is 1. The van der Waals surface area contributed by atoms with Crippen molar-refractivity contribution in [1.29, 1.82) is 0 Å². The molecule has 0 aromatic carbocycles. The second-order valence-electron chi connectivity index (χ2n) is 14.6. The van der Waals surface area contributed by atoms with Gasteiger partial charge in [-0.15, -0.1) is 0 Å². The van der Waals surface area contributed by atoms with Crippen molar-refractivity contribution in [1.82, 2.24) is 25.8 Å². The molecule has 13 heteroatoms. The topological polar surface area (TPSA) is 146 Å². The largest absolute Gasteiger partial charge is 0.379 e. The SMILES string of the molecule is [B][C@H](CC(C)C)NC(=O)[C@H](C)[C@@H](OC)[C@@H]1CC(=O)CN1C(=O)C[C@@H](OC)[C@H]([C@@H](C)CC)N(C)C(=O)[C@@H](NC(=O)[C@@H](NC)C(C)C)C(C)C. The van der Waals surface area contributed by atoms with Crippen LogP contribution in [-0.4, -0.2) is 124 Å². The molecule has 0 bridgehead atoms. The van der Waals surface area contributed by atoms with Crippen LogP contribution >= 0.6 is 0 Å². The lowest BCUT2D eigenvalue weighted by molar-refractivity contribution is -0.148. The Morgan fingerprint density at radius 3 is 1.98 bits per heavy atom. The van der Waals surface area contributed by atoms with E-state index >= 15 is 0 Å². The Morgan fingerprint density at radius 1 is 0.938 bits per heavy atom. The Bertz CT molecular complexity index is 1070. The number of likely N-dealkylation sites (tertiary alicyclic amines) is 1. The number of hydrogen-bond acceptors (Lipinski definition) is 8. The number of rotatable bonds is 20. The van der Waals surface area contributed by atoms with Gasteiger partial charge in [0, 0.05) is 27.7 Å². The Morgan fingerprint density at radius 2 is 1.52 bits per heavy atom. The standard InChI is InChI=1S/C35H64BN5O7/c1-14-22(8)31(40(11)35(46)30(21(6)7)39-34(45)29(37-10)20(4)5)26(47-12)17-28(43)41-18-24(42)16-25(41)32(48-13)23(9)33(44)38-27(36)15-19(2)3/h19-23,25-27,29-32,37H,14-18H2,1-13H3,(H,38,44)(H,39,45)/t22-,23+,25-,26+,27-,29-,30-,31-,32+/m0/s1. The number of amides is 4. The maximum Gasteiger partial charge on any atom is 0.245 e. The first-order chi connectivity index (χ1) is 22.4. The van der Waals surface area contributed by atoms with Gasteiger partial charge in [0.15, 0.2) is 5.78 Å². The van der Waals surface area contributed by atoms with Crippen LogP contribution < -0.4 is 16.0 Å². The first kappa shape index (κ1) is 43.5. The Balaban J connectivity index is 3.29. The molecular weight excluding hydrogens is 613 g/mol. The van der Waals surface area contributed by atoms with E-state index in [0.717, 1.165) is 0 Å². The molecule has 9 atom stereocenters. The summed E-state index contributed by atoms with van der Waals surface area (Å²) in [7, 11) is 12.5. The molecule has 1 rings (SSSR count). The van der Waals surface area contributed by atoms with Gasteiger partial charge >= 0.3 is 0 Å². The highest BCUT2D eigenvalue weighted by Crippen LogP contribution is 2.29. The molecule has 12 nitrogen and oxygen atoms in total. The molecule has 0 saturated carbocycles. The lowest BCUT2D eigenvalue weighted by Crippen LogP contribution is -2.59. The summed E-state index contributed by atoms with van der Waals surface area (Å²) in [5, 5.41) is 8.81. The van der Waals surface area contributed by atoms with Crippen LogP contribution in [0.3, 0.4) is 0 Å². The Hall–Kier alpha value is -2.51. The number of likely N-dealkylation sites (N-methyl/N-ethyl adjacent to an activating group) is 2. The van der Waals surface area contributed by atoms with Crippen LogP contribution in [0.5, 0.6) is 0 Å². The van der Waals surface area contributed by atoms with Crippen molar-refractivity contribution in [3.63, 3.8) is 0 Å². The number of hydrogen-bond donors (Lipinski definition) is 3. The molecule has 1 heterocycles. The Labute approximate surface area is 290 Å². The van der Waals surface area contributed by atoms with Crippen molar-refractivity contribution in [2.45, 2.75) is 130 Å². The van der Waals surface area contributed by atoms with Crippen molar-refractivity contribution in [3.05, 3.63) is 0 Å². The molecule has 0 unspecified atom stereocenters. The maximum absolute atomic E-state index is 14.1. The number of carbonyl (C=O) groups is 5. The van der Waals surface area contributed by atoms with E-state index in [1.54, 1.807) is 25.9 Å². The minimum atomic E-state index is -0.791. The zero-order valence-electron chi connectivity index (χ0n) is 31.8. The highest BCUT2D eigenvalue weighted by molar-refractivity contribution is 6.13. The number of nitrogens with one attached hydrogen (secondary N) is 3. The maximum atomic E-state index is 14.1. The first-order valence-corrected chi connectivity index (χ1v) is 17.5. The average Bonchev–Trinajstić information content (AvgIpc) is 3.39. The predicted octanol–water partition coefficient (Wildman–Crippen LogP) is 2.13. The summed E-state index contributed by atoms with van der Waals surface area (Å²) in [6.07, 6.45) is -0.190. The second kappa shape index (κ2) is 20.2. The fraction of sp³-hybridized carbons (Fsp3) is 0.857. The van der Waals surface area contributed by atoms with Crippen molar-refractivity contribution in [2.75, 3.05) is 34.9 Å². The van der Waals surface area contributed by atoms with E-state index in [9.17, 15) is 24.0 Å². The number of Topliss-reactive ketones (excluding diaryl/α,β-unsaturated/α-hetero) is 1. The molecule has 4 amide bonds. The highest BCUT2D eigenvalue weighted by Gasteiger charge is 2.45. The van der Waals surface area contributed by atoms with Gasteiger partial charge < -0.3 is 35.2 Å². The van der Waals surface area contributed by atoms with Gasteiger partial charge in [0.1, 0.15) is 6.04 Å². The molecule has 2 radical (unpaired) electrons. The first-order valence-electron chi connectivity index (χ1n) is 17.5. The van der Waals surface area contributed by atoms with Gasteiger partial charge in [-0.25, -0.2) is 0 Å². The molecule has 1 saturated heterocycles. The van der Waals surface area contributed by atoms with Gasteiger partial charge in [-0.2, -0.15) is 0 Å². The van der Waals surface area contributed by atoms with Gasteiger partial charge in [-0.05, 0) is 43.1 Å². The summed E-state index contributed by atoms with van der Waals surface area (Å²) in [5.74, 6) is -2.47. The van der Waals surface area contributed by atoms with Crippen molar-refractivity contribution in [3.8, 4) is 0 Å². The molecule has 1 fully saturated rings. The van der Waals surface area contributed by atoms with Crippen LogP contribution in [0.2, 0.25) is 0 Å². The van der Waals surface area contributed by atoms with Crippen molar-refractivity contribution >= 4 is 37.3 Å². The van der Waals surface area contributed by atoms with Gasteiger partial charge in [-0.3, -0.25) is 24.0 Å².